The number of nitrogens with zero attached hydrogens (tertiary/aromatic N) is 1. The van der Waals surface area contributed by atoms with Gasteiger partial charge in [0, 0.05) is 12.1 Å². The van der Waals surface area contributed by atoms with Crippen LogP contribution in [0.25, 0.3) is 0 Å². The van der Waals surface area contributed by atoms with Crippen molar-refractivity contribution in [2.75, 3.05) is 6.54 Å². The van der Waals surface area contributed by atoms with Crippen molar-refractivity contribution >= 4 is 11.9 Å². The van der Waals surface area contributed by atoms with Crippen LogP contribution < -0.4 is 0 Å². The van der Waals surface area contributed by atoms with Gasteiger partial charge in [0.05, 0.1) is 5.54 Å². The number of hydrogen-bond acceptors (Lipinski definition) is 2. The molecule has 0 radical (unpaired) electrons. The van der Waals surface area contributed by atoms with E-state index in [1.807, 2.05) is 23.1 Å². The van der Waals surface area contributed by atoms with Crippen LogP contribution in [0.5, 0.6) is 0 Å². The molecule has 1 aliphatic carbocycles. The highest BCUT2D eigenvalue weighted by Gasteiger charge is 2.55. The second-order valence-electron chi connectivity index (χ2n) is 7.31. The highest BCUT2D eigenvalue weighted by molar-refractivity contribution is 6.01. The van der Waals surface area contributed by atoms with Crippen LogP contribution in [0.3, 0.4) is 0 Å². The second-order valence-corrected chi connectivity index (χ2v) is 7.31. The summed E-state index contributed by atoms with van der Waals surface area (Å²) in [7, 11) is 0. The maximum atomic E-state index is 13.1. The Balaban J connectivity index is 2.11. The molecule has 4 heteroatoms. The van der Waals surface area contributed by atoms with Gasteiger partial charge in [-0.3, -0.25) is 9.59 Å². The van der Waals surface area contributed by atoms with E-state index >= 15 is 0 Å². The number of amides is 1. The van der Waals surface area contributed by atoms with Gasteiger partial charge in [0.25, 0.3) is 5.91 Å². The van der Waals surface area contributed by atoms with Crippen LogP contribution in [0.4, 0.5) is 0 Å². The van der Waals surface area contributed by atoms with Gasteiger partial charge in [-0.1, -0.05) is 44.9 Å². The molecule has 23 heavy (non-hydrogen) atoms. The van der Waals surface area contributed by atoms with E-state index in [1.165, 1.54) is 0 Å². The van der Waals surface area contributed by atoms with Crippen LogP contribution in [0, 0.1) is 5.92 Å². The third-order valence-electron chi connectivity index (χ3n) is 5.47. The normalized spacial score (nSPS) is 22.7. The van der Waals surface area contributed by atoms with Crippen molar-refractivity contribution in [3.8, 4) is 0 Å². The summed E-state index contributed by atoms with van der Waals surface area (Å²) >= 11 is 0. The lowest BCUT2D eigenvalue weighted by Gasteiger charge is -2.49. The predicted molar refractivity (Wildman–Crippen MR) is 88.5 cm³/mol. The molecule has 3 rings (SSSR count). The zero-order valence-electron chi connectivity index (χ0n) is 13.9. The smallest absolute Gasteiger partial charge is 0.313 e. The number of rotatable bonds is 4. The molecule has 1 aromatic rings. The molecule has 1 saturated carbocycles. The molecule has 124 valence electrons. The van der Waals surface area contributed by atoms with Gasteiger partial charge in [-0.2, -0.15) is 0 Å². The van der Waals surface area contributed by atoms with E-state index in [-0.39, 0.29) is 5.91 Å². The monoisotopic (exact) mass is 315 g/mol. The summed E-state index contributed by atoms with van der Waals surface area (Å²) in [5, 5.41) is 9.95. The molecular formula is C19H25NO3. The molecule has 1 spiro atoms. The highest BCUT2D eigenvalue weighted by Crippen LogP contribution is 2.50. The Morgan fingerprint density at radius 3 is 2.57 bits per heavy atom. The molecule has 0 unspecified atom stereocenters. The average molecular weight is 315 g/mol. The van der Waals surface area contributed by atoms with E-state index in [2.05, 4.69) is 13.8 Å². The molecule has 0 aromatic heterocycles. The van der Waals surface area contributed by atoms with Crippen LogP contribution >= 0.6 is 0 Å². The maximum Gasteiger partial charge on any atom is 0.313 e. The number of benzene rings is 1. The third-order valence-corrected chi connectivity index (χ3v) is 5.47. The minimum atomic E-state index is -0.804. The predicted octanol–water partition coefficient (Wildman–Crippen LogP) is 3.67. The Hall–Kier alpha value is -1.84. The van der Waals surface area contributed by atoms with Gasteiger partial charge >= 0.3 is 5.97 Å². The largest absolute Gasteiger partial charge is 0.481 e. The first-order valence-electron chi connectivity index (χ1n) is 8.61. The maximum absolute atomic E-state index is 13.1. The Morgan fingerprint density at radius 1 is 1.30 bits per heavy atom. The molecule has 4 nitrogen and oxygen atoms in total. The van der Waals surface area contributed by atoms with Gasteiger partial charge in [-0.25, -0.2) is 0 Å². The van der Waals surface area contributed by atoms with Gasteiger partial charge < -0.3 is 10.0 Å². The number of hydrogen-bond donors (Lipinski definition) is 1. The number of fused-ring (bicyclic) bond motifs is 1. The van der Waals surface area contributed by atoms with E-state index < -0.39 is 17.4 Å². The van der Waals surface area contributed by atoms with Crippen LogP contribution in [0.2, 0.25) is 0 Å². The van der Waals surface area contributed by atoms with Crippen molar-refractivity contribution in [1.29, 1.82) is 0 Å². The number of aliphatic carboxylic acids is 1. The van der Waals surface area contributed by atoms with E-state index in [4.69, 9.17) is 0 Å². The quantitative estimate of drug-likeness (QED) is 0.922. The minimum absolute atomic E-state index is 0.0145. The summed E-state index contributed by atoms with van der Waals surface area (Å²) < 4.78 is 0. The first kappa shape index (κ1) is 16.0. The zero-order chi connectivity index (χ0) is 16.6. The van der Waals surface area contributed by atoms with Gasteiger partial charge in [-0.15, -0.1) is 0 Å². The lowest BCUT2D eigenvalue weighted by molar-refractivity contribution is -0.143. The molecular weight excluding hydrogens is 290 g/mol. The number of carbonyl (C=O) groups excluding carboxylic acids is 1. The fourth-order valence-corrected chi connectivity index (χ4v) is 4.36. The molecule has 0 bridgehead atoms. The number of carboxylic acid groups (broad SMARTS) is 1. The molecule has 2 aliphatic rings. The van der Waals surface area contributed by atoms with Gasteiger partial charge in [-0.05, 0) is 36.8 Å². The first-order valence-corrected chi connectivity index (χ1v) is 8.61. The van der Waals surface area contributed by atoms with E-state index in [9.17, 15) is 14.7 Å². The molecule has 1 heterocycles. The van der Waals surface area contributed by atoms with E-state index in [1.54, 1.807) is 6.07 Å². The first-order chi connectivity index (χ1) is 11.0. The Kier molecular flexibility index (Phi) is 4.17. The summed E-state index contributed by atoms with van der Waals surface area (Å²) in [4.78, 5) is 27.1. The van der Waals surface area contributed by atoms with Crippen molar-refractivity contribution in [1.82, 2.24) is 4.90 Å². The van der Waals surface area contributed by atoms with Gasteiger partial charge in [0.2, 0.25) is 0 Å². The van der Waals surface area contributed by atoms with Crippen LogP contribution in [-0.2, 0) is 4.79 Å². The summed E-state index contributed by atoms with van der Waals surface area (Å²) in [6.45, 7) is 4.92. The van der Waals surface area contributed by atoms with Gasteiger partial charge in [0.1, 0.15) is 5.92 Å². The molecule has 1 aromatic carbocycles. The van der Waals surface area contributed by atoms with Crippen molar-refractivity contribution < 1.29 is 14.7 Å². The summed E-state index contributed by atoms with van der Waals surface area (Å²) in [5.41, 5.74) is 0.737. The third kappa shape index (κ3) is 2.54. The fraction of sp³-hybridized carbons (Fsp3) is 0.579. The standard InChI is InChI=1S/C19H25NO3/c1-13(2)9-12-20-17(21)15-8-4-3-7-14(15)16(18(22)23)19(20)10-5-6-11-19/h3-4,7-8,13,16H,5-6,9-12H2,1-2H3,(H,22,23)/t16-/m0/s1. The Morgan fingerprint density at radius 2 is 1.96 bits per heavy atom. The number of carbonyl (C=O) groups is 2. The molecule has 1 N–H and O–H groups in total. The van der Waals surface area contributed by atoms with Gasteiger partial charge in [0.15, 0.2) is 0 Å². The molecule has 1 atom stereocenters. The SMILES string of the molecule is CC(C)CCN1C(=O)c2ccccc2[C@@H](C(=O)O)C12CCCC2. The van der Waals surface area contributed by atoms with Crippen LogP contribution in [0.15, 0.2) is 24.3 Å². The van der Waals surface area contributed by atoms with Crippen LogP contribution in [-0.4, -0.2) is 34.0 Å². The van der Waals surface area contributed by atoms with Crippen molar-refractivity contribution in [3.63, 3.8) is 0 Å². The van der Waals surface area contributed by atoms with Crippen LogP contribution in [0.1, 0.15) is 67.8 Å². The Bertz CT molecular complexity index is 617. The van der Waals surface area contributed by atoms with Crippen molar-refractivity contribution in [3.05, 3.63) is 35.4 Å². The van der Waals surface area contributed by atoms with E-state index in [0.29, 0.717) is 23.6 Å². The fourth-order valence-electron chi connectivity index (χ4n) is 4.36. The lowest BCUT2D eigenvalue weighted by atomic mass is 9.71. The zero-order valence-corrected chi connectivity index (χ0v) is 13.9. The van der Waals surface area contributed by atoms with Crippen molar-refractivity contribution in [2.24, 2.45) is 5.92 Å². The summed E-state index contributed by atoms with van der Waals surface area (Å²) in [6.07, 6.45) is 4.49. The molecule has 0 saturated heterocycles. The number of carboxylic acids is 1. The summed E-state index contributed by atoms with van der Waals surface area (Å²) in [5.74, 6) is -0.908. The topological polar surface area (TPSA) is 57.6 Å². The minimum Gasteiger partial charge on any atom is -0.481 e. The molecule has 1 fully saturated rings. The van der Waals surface area contributed by atoms with E-state index in [0.717, 1.165) is 32.1 Å². The highest BCUT2D eigenvalue weighted by atomic mass is 16.4. The average Bonchev–Trinajstić information content (AvgIpc) is 2.96. The van der Waals surface area contributed by atoms with Crippen molar-refractivity contribution in [2.45, 2.75) is 57.4 Å². The lowest BCUT2D eigenvalue weighted by Crippen LogP contribution is -2.59. The second kappa shape index (κ2) is 5.99. The molecule has 1 aliphatic heterocycles. The Labute approximate surface area is 137 Å². The molecule has 1 amide bonds. The summed E-state index contributed by atoms with van der Waals surface area (Å²) in [6, 6.07) is 7.26.